The number of nitrogens with zero attached hydrogens (tertiary/aromatic N) is 3. The van der Waals surface area contributed by atoms with E-state index in [0.29, 0.717) is 5.82 Å². The number of aromatic nitrogens is 2. The molecule has 0 spiro atoms. The molecule has 2 rings (SSSR count). The molecule has 0 unspecified atom stereocenters. The second-order valence-corrected chi connectivity index (χ2v) is 3.80. The summed E-state index contributed by atoms with van der Waals surface area (Å²) in [5, 5.41) is 0. The van der Waals surface area contributed by atoms with E-state index in [1.807, 2.05) is 24.1 Å². The predicted octanol–water partition coefficient (Wildman–Crippen LogP) is 1.84. The number of aryl methyl sites for hydroxylation is 1. The van der Waals surface area contributed by atoms with E-state index in [1.54, 1.807) is 6.07 Å². The van der Waals surface area contributed by atoms with Crippen LogP contribution in [0.5, 0.6) is 0 Å². The van der Waals surface area contributed by atoms with E-state index in [1.165, 1.54) is 11.9 Å². The molecule has 1 aromatic heterocycles. The van der Waals surface area contributed by atoms with Crippen molar-refractivity contribution in [2.75, 3.05) is 17.4 Å². The standard InChI is InChI=1S/C12H15N5/c1-9-4-3-5-10(6-9)17(2)12-7-11(16-13)14-8-15-12/h3-8H,13H2,1-2H3,(H,14,15,16). The van der Waals surface area contributed by atoms with Crippen molar-refractivity contribution in [2.24, 2.45) is 5.84 Å². The van der Waals surface area contributed by atoms with Crippen molar-refractivity contribution >= 4 is 17.3 Å². The number of anilines is 3. The Bertz CT molecular complexity index is 512. The third kappa shape index (κ3) is 2.51. The van der Waals surface area contributed by atoms with Gasteiger partial charge in [0.2, 0.25) is 0 Å². The first-order valence-electron chi connectivity index (χ1n) is 5.30. The topological polar surface area (TPSA) is 67.1 Å². The van der Waals surface area contributed by atoms with Crippen LogP contribution in [0.4, 0.5) is 17.3 Å². The van der Waals surface area contributed by atoms with Crippen molar-refractivity contribution in [2.45, 2.75) is 6.92 Å². The first-order valence-corrected chi connectivity index (χ1v) is 5.30. The zero-order chi connectivity index (χ0) is 12.3. The van der Waals surface area contributed by atoms with Crippen LogP contribution in [0.25, 0.3) is 0 Å². The van der Waals surface area contributed by atoms with Crippen molar-refractivity contribution in [3.05, 3.63) is 42.2 Å². The minimum atomic E-state index is 0.592. The number of hydrogen-bond donors (Lipinski definition) is 2. The van der Waals surface area contributed by atoms with Gasteiger partial charge in [-0.1, -0.05) is 12.1 Å². The highest BCUT2D eigenvalue weighted by Crippen LogP contribution is 2.23. The average Bonchev–Trinajstić information content (AvgIpc) is 2.38. The summed E-state index contributed by atoms with van der Waals surface area (Å²) < 4.78 is 0. The summed E-state index contributed by atoms with van der Waals surface area (Å²) in [6.45, 7) is 2.06. The Labute approximate surface area is 100 Å². The lowest BCUT2D eigenvalue weighted by molar-refractivity contribution is 1.07. The molecule has 0 atom stereocenters. The van der Waals surface area contributed by atoms with Crippen molar-refractivity contribution in [3.63, 3.8) is 0 Å². The quantitative estimate of drug-likeness (QED) is 0.621. The molecule has 1 heterocycles. The molecule has 1 aromatic carbocycles. The summed E-state index contributed by atoms with van der Waals surface area (Å²) >= 11 is 0. The van der Waals surface area contributed by atoms with Crippen LogP contribution in [0, 0.1) is 6.92 Å². The van der Waals surface area contributed by atoms with Gasteiger partial charge in [0.1, 0.15) is 18.0 Å². The van der Waals surface area contributed by atoms with Gasteiger partial charge in [-0.25, -0.2) is 15.8 Å². The zero-order valence-corrected chi connectivity index (χ0v) is 9.88. The molecule has 3 N–H and O–H groups in total. The smallest absolute Gasteiger partial charge is 0.145 e. The van der Waals surface area contributed by atoms with E-state index in [0.717, 1.165) is 11.5 Å². The van der Waals surface area contributed by atoms with Crippen LogP contribution >= 0.6 is 0 Å². The highest BCUT2D eigenvalue weighted by molar-refractivity contribution is 5.61. The maximum atomic E-state index is 5.32. The highest BCUT2D eigenvalue weighted by Gasteiger charge is 2.06. The molecule has 2 aromatic rings. The third-order valence-electron chi connectivity index (χ3n) is 2.53. The Hall–Kier alpha value is -2.14. The predicted molar refractivity (Wildman–Crippen MR) is 69.1 cm³/mol. The molecule has 0 radical (unpaired) electrons. The second kappa shape index (κ2) is 4.80. The van der Waals surface area contributed by atoms with Crippen LogP contribution in [-0.2, 0) is 0 Å². The summed E-state index contributed by atoms with van der Waals surface area (Å²) in [6.07, 6.45) is 1.48. The molecule has 0 bridgehead atoms. The summed E-state index contributed by atoms with van der Waals surface area (Å²) in [7, 11) is 1.96. The van der Waals surface area contributed by atoms with Gasteiger partial charge in [-0.15, -0.1) is 0 Å². The van der Waals surface area contributed by atoms with Gasteiger partial charge in [-0.3, -0.25) is 0 Å². The number of hydrazine groups is 1. The summed E-state index contributed by atoms with van der Waals surface area (Å²) in [4.78, 5) is 10.2. The van der Waals surface area contributed by atoms with E-state index < -0.39 is 0 Å². The van der Waals surface area contributed by atoms with Gasteiger partial charge < -0.3 is 10.3 Å². The summed E-state index contributed by atoms with van der Waals surface area (Å²) in [6, 6.07) is 10.00. The molecule has 0 saturated heterocycles. The van der Waals surface area contributed by atoms with Gasteiger partial charge in [0, 0.05) is 18.8 Å². The Morgan fingerprint density at radius 2 is 2.06 bits per heavy atom. The minimum absolute atomic E-state index is 0.592. The zero-order valence-electron chi connectivity index (χ0n) is 9.88. The highest BCUT2D eigenvalue weighted by atomic mass is 15.3. The summed E-state index contributed by atoms with van der Waals surface area (Å²) in [5.41, 5.74) is 4.79. The fourth-order valence-electron chi connectivity index (χ4n) is 1.58. The van der Waals surface area contributed by atoms with Crippen molar-refractivity contribution in [1.82, 2.24) is 9.97 Å². The fraction of sp³-hybridized carbons (Fsp3) is 0.167. The number of benzene rings is 1. The molecule has 0 saturated carbocycles. The van der Waals surface area contributed by atoms with E-state index in [4.69, 9.17) is 5.84 Å². The van der Waals surface area contributed by atoms with Gasteiger partial charge in [0.15, 0.2) is 0 Å². The van der Waals surface area contributed by atoms with Gasteiger partial charge in [0.25, 0.3) is 0 Å². The number of rotatable bonds is 3. The minimum Gasteiger partial charge on any atom is -0.329 e. The van der Waals surface area contributed by atoms with Crippen molar-refractivity contribution < 1.29 is 0 Å². The van der Waals surface area contributed by atoms with E-state index in [2.05, 4.69) is 34.5 Å². The van der Waals surface area contributed by atoms with Gasteiger partial charge in [0.05, 0.1) is 0 Å². The largest absolute Gasteiger partial charge is 0.329 e. The first kappa shape index (κ1) is 11.3. The van der Waals surface area contributed by atoms with Crippen molar-refractivity contribution in [1.29, 1.82) is 0 Å². The van der Waals surface area contributed by atoms with Gasteiger partial charge >= 0.3 is 0 Å². The van der Waals surface area contributed by atoms with Crippen LogP contribution in [0.1, 0.15) is 5.56 Å². The fourth-order valence-corrected chi connectivity index (χ4v) is 1.58. The molecule has 5 heteroatoms. The molecule has 0 fully saturated rings. The Morgan fingerprint density at radius 3 is 2.76 bits per heavy atom. The SMILES string of the molecule is Cc1cccc(N(C)c2cc(NN)ncn2)c1. The monoisotopic (exact) mass is 229 g/mol. The molecule has 0 amide bonds. The van der Waals surface area contributed by atoms with E-state index >= 15 is 0 Å². The summed E-state index contributed by atoms with van der Waals surface area (Å²) in [5.74, 6) is 6.71. The normalized spacial score (nSPS) is 10.1. The number of nitrogens with two attached hydrogens (primary N) is 1. The molecule has 0 aliphatic heterocycles. The Balaban J connectivity index is 2.33. The Morgan fingerprint density at radius 1 is 1.24 bits per heavy atom. The lowest BCUT2D eigenvalue weighted by Crippen LogP contribution is -2.14. The molecular formula is C12H15N5. The van der Waals surface area contributed by atoms with Crippen LogP contribution in [0.2, 0.25) is 0 Å². The number of nitrogens with one attached hydrogen (secondary N) is 1. The van der Waals surface area contributed by atoms with Crippen LogP contribution in [0.15, 0.2) is 36.7 Å². The lowest BCUT2D eigenvalue weighted by Gasteiger charge is -2.18. The first-order chi connectivity index (χ1) is 8.20. The molecular weight excluding hydrogens is 214 g/mol. The lowest BCUT2D eigenvalue weighted by atomic mass is 10.2. The third-order valence-corrected chi connectivity index (χ3v) is 2.53. The van der Waals surface area contributed by atoms with E-state index in [-0.39, 0.29) is 0 Å². The maximum Gasteiger partial charge on any atom is 0.145 e. The molecule has 88 valence electrons. The molecule has 17 heavy (non-hydrogen) atoms. The second-order valence-electron chi connectivity index (χ2n) is 3.80. The molecule has 0 aliphatic rings. The van der Waals surface area contributed by atoms with E-state index in [9.17, 15) is 0 Å². The van der Waals surface area contributed by atoms with Crippen molar-refractivity contribution in [3.8, 4) is 0 Å². The van der Waals surface area contributed by atoms with Gasteiger partial charge in [-0.2, -0.15) is 0 Å². The maximum absolute atomic E-state index is 5.32. The van der Waals surface area contributed by atoms with Crippen LogP contribution in [-0.4, -0.2) is 17.0 Å². The average molecular weight is 229 g/mol. The number of hydrogen-bond acceptors (Lipinski definition) is 5. The molecule has 0 aliphatic carbocycles. The Kier molecular flexibility index (Phi) is 3.20. The van der Waals surface area contributed by atoms with Crippen LogP contribution < -0.4 is 16.2 Å². The van der Waals surface area contributed by atoms with Gasteiger partial charge in [-0.05, 0) is 24.6 Å². The van der Waals surface area contributed by atoms with Crippen LogP contribution in [0.3, 0.4) is 0 Å². The molecule has 5 nitrogen and oxygen atoms in total. The number of nitrogen functional groups attached to an aromatic ring is 1.